The van der Waals surface area contributed by atoms with E-state index in [1.807, 2.05) is 37.3 Å². The molecule has 0 fully saturated rings. The van der Waals surface area contributed by atoms with E-state index in [4.69, 9.17) is 27.9 Å². The zero-order chi connectivity index (χ0) is 13.0. The Morgan fingerprint density at radius 3 is 2.61 bits per heavy atom. The third kappa shape index (κ3) is 3.15. The second-order valence-electron chi connectivity index (χ2n) is 3.94. The minimum atomic E-state index is 0.288. The van der Waals surface area contributed by atoms with Crippen LogP contribution in [0.3, 0.4) is 0 Å². The zero-order valence-electron chi connectivity index (χ0n) is 9.99. The van der Waals surface area contributed by atoms with Crippen LogP contribution < -0.4 is 4.74 Å². The first-order valence-corrected chi connectivity index (χ1v) is 6.50. The highest BCUT2D eigenvalue weighted by molar-refractivity contribution is 6.32. The van der Waals surface area contributed by atoms with Crippen LogP contribution in [-0.2, 0) is 12.5 Å². The number of benzene rings is 1. The molecule has 0 saturated carbocycles. The second kappa shape index (κ2) is 6.07. The van der Waals surface area contributed by atoms with Crippen LogP contribution in [0.15, 0.2) is 36.4 Å². The quantitative estimate of drug-likeness (QED) is 0.777. The third-order valence-electron chi connectivity index (χ3n) is 2.51. The SMILES string of the molecule is Cc1cc(Cl)c(CCl)c(OCc2ccccc2)n1. The molecule has 0 radical (unpaired) electrons. The molecule has 4 heteroatoms. The molecule has 0 aliphatic rings. The molecule has 0 N–H and O–H groups in total. The molecule has 0 spiro atoms. The second-order valence-corrected chi connectivity index (χ2v) is 4.61. The van der Waals surface area contributed by atoms with Crippen molar-refractivity contribution in [1.82, 2.24) is 4.98 Å². The summed E-state index contributed by atoms with van der Waals surface area (Å²) in [7, 11) is 0. The van der Waals surface area contributed by atoms with Crippen LogP contribution in [-0.4, -0.2) is 4.98 Å². The molecule has 0 saturated heterocycles. The maximum Gasteiger partial charge on any atom is 0.219 e. The summed E-state index contributed by atoms with van der Waals surface area (Å²) in [5.74, 6) is 0.801. The van der Waals surface area contributed by atoms with Gasteiger partial charge in [0.15, 0.2) is 0 Å². The van der Waals surface area contributed by atoms with E-state index in [-0.39, 0.29) is 5.88 Å². The van der Waals surface area contributed by atoms with E-state index in [0.717, 1.165) is 16.8 Å². The molecule has 0 aliphatic carbocycles. The van der Waals surface area contributed by atoms with E-state index in [1.165, 1.54) is 0 Å². The average Bonchev–Trinajstić information content (AvgIpc) is 2.37. The Balaban J connectivity index is 2.18. The number of alkyl halides is 1. The van der Waals surface area contributed by atoms with Gasteiger partial charge in [-0.05, 0) is 18.6 Å². The largest absolute Gasteiger partial charge is 0.473 e. The van der Waals surface area contributed by atoms with Crippen molar-refractivity contribution in [1.29, 1.82) is 0 Å². The molecule has 1 heterocycles. The number of rotatable bonds is 4. The predicted octanol–water partition coefficient (Wildman–Crippen LogP) is 4.36. The van der Waals surface area contributed by atoms with Gasteiger partial charge in [0.25, 0.3) is 0 Å². The lowest BCUT2D eigenvalue weighted by Gasteiger charge is -2.11. The fourth-order valence-corrected chi connectivity index (χ4v) is 2.23. The standard InChI is InChI=1S/C14H13Cl2NO/c1-10-7-13(16)12(8-15)14(17-10)18-9-11-5-3-2-4-6-11/h2-7H,8-9H2,1H3. The van der Waals surface area contributed by atoms with Crippen molar-refractivity contribution in [2.24, 2.45) is 0 Å². The van der Waals surface area contributed by atoms with Crippen molar-refractivity contribution in [3.8, 4) is 5.88 Å². The van der Waals surface area contributed by atoms with Crippen molar-refractivity contribution >= 4 is 23.2 Å². The summed E-state index contributed by atoms with van der Waals surface area (Å²) in [4.78, 5) is 4.33. The molecule has 18 heavy (non-hydrogen) atoms. The summed E-state index contributed by atoms with van der Waals surface area (Å²) in [6.07, 6.45) is 0. The third-order valence-corrected chi connectivity index (χ3v) is 3.12. The number of halogens is 2. The molecule has 0 atom stereocenters. The molecule has 2 rings (SSSR count). The summed E-state index contributed by atoms with van der Waals surface area (Å²) in [5.41, 5.74) is 2.63. The first kappa shape index (κ1) is 13.2. The van der Waals surface area contributed by atoms with Crippen LogP contribution in [0.25, 0.3) is 0 Å². The van der Waals surface area contributed by atoms with E-state index in [0.29, 0.717) is 17.5 Å². The number of hydrogen-bond donors (Lipinski definition) is 0. The Hall–Kier alpha value is -1.25. The Bertz CT molecular complexity index is 529. The number of nitrogens with zero attached hydrogens (tertiary/aromatic N) is 1. The average molecular weight is 282 g/mol. The Morgan fingerprint density at radius 1 is 1.22 bits per heavy atom. The topological polar surface area (TPSA) is 22.1 Å². The number of pyridine rings is 1. The summed E-state index contributed by atoms with van der Waals surface area (Å²) in [6.45, 7) is 2.33. The van der Waals surface area contributed by atoms with Crippen molar-refractivity contribution < 1.29 is 4.74 Å². The normalized spacial score (nSPS) is 10.4. The lowest BCUT2D eigenvalue weighted by molar-refractivity contribution is 0.291. The molecule has 0 aliphatic heterocycles. The fourth-order valence-electron chi connectivity index (χ4n) is 1.60. The maximum atomic E-state index is 6.11. The van der Waals surface area contributed by atoms with Gasteiger partial charge in [0.1, 0.15) is 6.61 Å². The van der Waals surface area contributed by atoms with Crippen LogP contribution in [0.4, 0.5) is 0 Å². The molecule has 0 bridgehead atoms. The Labute approximate surface area is 117 Å². The molecule has 94 valence electrons. The van der Waals surface area contributed by atoms with Gasteiger partial charge in [-0.3, -0.25) is 0 Å². The summed E-state index contributed by atoms with van der Waals surface area (Å²) < 4.78 is 5.70. The molecule has 2 aromatic rings. The predicted molar refractivity (Wildman–Crippen MR) is 74.3 cm³/mol. The number of aryl methyl sites for hydroxylation is 1. The molecule has 1 aromatic carbocycles. The van der Waals surface area contributed by atoms with Crippen molar-refractivity contribution in [3.63, 3.8) is 0 Å². The molecule has 0 amide bonds. The van der Waals surface area contributed by atoms with Gasteiger partial charge in [-0.2, -0.15) is 0 Å². The smallest absolute Gasteiger partial charge is 0.219 e. The molecule has 0 unspecified atom stereocenters. The number of hydrogen-bond acceptors (Lipinski definition) is 2. The first-order valence-electron chi connectivity index (χ1n) is 5.59. The van der Waals surface area contributed by atoms with Gasteiger partial charge < -0.3 is 4.74 Å². The van der Waals surface area contributed by atoms with E-state index in [1.54, 1.807) is 6.07 Å². The minimum Gasteiger partial charge on any atom is -0.473 e. The highest BCUT2D eigenvalue weighted by atomic mass is 35.5. The lowest BCUT2D eigenvalue weighted by atomic mass is 10.2. The number of ether oxygens (including phenoxy) is 1. The highest BCUT2D eigenvalue weighted by Crippen LogP contribution is 2.27. The van der Waals surface area contributed by atoms with E-state index in [2.05, 4.69) is 4.98 Å². The van der Waals surface area contributed by atoms with Crippen LogP contribution >= 0.6 is 23.2 Å². The fraction of sp³-hybridized carbons (Fsp3) is 0.214. The van der Waals surface area contributed by atoms with Gasteiger partial charge in [-0.1, -0.05) is 41.9 Å². The minimum absolute atomic E-state index is 0.288. The van der Waals surface area contributed by atoms with Crippen LogP contribution in [0, 0.1) is 6.92 Å². The van der Waals surface area contributed by atoms with Crippen LogP contribution in [0.2, 0.25) is 5.02 Å². The maximum absolute atomic E-state index is 6.11. The zero-order valence-corrected chi connectivity index (χ0v) is 11.5. The Kier molecular flexibility index (Phi) is 4.45. The molecule has 2 nitrogen and oxygen atoms in total. The summed E-state index contributed by atoms with van der Waals surface area (Å²) >= 11 is 12.0. The van der Waals surface area contributed by atoms with E-state index < -0.39 is 0 Å². The first-order chi connectivity index (χ1) is 8.70. The summed E-state index contributed by atoms with van der Waals surface area (Å²) in [5, 5.41) is 0.598. The highest BCUT2D eigenvalue weighted by Gasteiger charge is 2.10. The molecular formula is C14H13Cl2NO. The van der Waals surface area contributed by atoms with Crippen molar-refractivity contribution in [2.75, 3.05) is 0 Å². The van der Waals surface area contributed by atoms with Crippen LogP contribution in [0.5, 0.6) is 5.88 Å². The van der Waals surface area contributed by atoms with Crippen molar-refractivity contribution in [2.45, 2.75) is 19.4 Å². The van der Waals surface area contributed by atoms with Crippen molar-refractivity contribution in [3.05, 3.63) is 58.2 Å². The van der Waals surface area contributed by atoms with Gasteiger partial charge in [0, 0.05) is 11.3 Å². The van der Waals surface area contributed by atoms with Gasteiger partial charge in [0.05, 0.1) is 10.9 Å². The van der Waals surface area contributed by atoms with Gasteiger partial charge in [0.2, 0.25) is 5.88 Å². The van der Waals surface area contributed by atoms with Crippen LogP contribution in [0.1, 0.15) is 16.8 Å². The molecular weight excluding hydrogens is 269 g/mol. The van der Waals surface area contributed by atoms with Gasteiger partial charge in [-0.15, -0.1) is 11.6 Å². The molecule has 1 aromatic heterocycles. The lowest BCUT2D eigenvalue weighted by Crippen LogP contribution is -2.01. The number of aromatic nitrogens is 1. The monoisotopic (exact) mass is 281 g/mol. The Morgan fingerprint density at radius 2 is 1.94 bits per heavy atom. The van der Waals surface area contributed by atoms with Gasteiger partial charge >= 0.3 is 0 Å². The van der Waals surface area contributed by atoms with E-state index >= 15 is 0 Å². The summed E-state index contributed by atoms with van der Waals surface area (Å²) in [6, 6.07) is 11.7. The van der Waals surface area contributed by atoms with E-state index in [9.17, 15) is 0 Å². The van der Waals surface area contributed by atoms with Gasteiger partial charge in [-0.25, -0.2) is 4.98 Å².